The van der Waals surface area contributed by atoms with Crippen LogP contribution in [0.2, 0.25) is 0 Å². The predicted octanol–water partition coefficient (Wildman–Crippen LogP) is 5.44. The second-order valence-electron chi connectivity index (χ2n) is 32.4. The number of alkyl halides is 2. The van der Waals surface area contributed by atoms with Crippen LogP contribution in [0.4, 0.5) is 11.4 Å². The van der Waals surface area contributed by atoms with Crippen molar-refractivity contribution in [2.24, 2.45) is 22.8 Å². The Labute approximate surface area is 691 Å². The van der Waals surface area contributed by atoms with Gasteiger partial charge in [0.05, 0.1) is 80.8 Å². The molecule has 1 spiro atoms. The molecule has 30 nitrogen and oxygen atoms in total. The van der Waals surface area contributed by atoms with E-state index >= 15 is 4.79 Å². The van der Waals surface area contributed by atoms with Gasteiger partial charge < -0.3 is 100 Å². The fourth-order valence-corrected chi connectivity index (χ4v) is 21.3. The van der Waals surface area contributed by atoms with Crippen LogP contribution in [0, 0.1) is 11.3 Å². The van der Waals surface area contributed by atoms with Gasteiger partial charge in [0.15, 0.2) is 24.0 Å². The first kappa shape index (κ1) is 86.7. The van der Waals surface area contributed by atoms with E-state index in [0.29, 0.717) is 118 Å². The van der Waals surface area contributed by atoms with E-state index in [4.69, 9.17) is 72.9 Å². The van der Waals surface area contributed by atoms with Crippen molar-refractivity contribution in [3.05, 3.63) is 152 Å². The number of H-pyrrole nitrogens is 1. The lowest BCUT2D eigenvalue weighted by molar-refractivity contribution is -0.247. The fraction of sp³-hybridized carbons (Fsp3) is 0.512. The number of anilines is 2. The molecule has 1 aromatic heterocycles. The number of carbonyl (C=O) groups excluding carboxylic acids is 7. The number of para-hydroxylation sites is 1. The van der Waals surface area contributed by atoms with E-state index < -0.39 is 171 Å². The largest absolute Gasteiger partial charge is 0.507 e. The van der Waals surface area contributed by atoms with E-state index in [9.17, 15) is 69.3 Å². The summed E-state index contributed by atoms with van der Waals surface area (Å²) < 4.78 is 40.7. The lowest BCUT2D eigenvalue weighted by Crippen LogP contribution is -2.81. The second-order valence-corrected chi connectivity index (χ2v) is 33.2. The number of aliphatic hydroxyl groups is 5. The van der Waals surface area contributed by atoms with Gasteiger partial charge in [0.25, 0.3) is 0 Å². The van der Waals surface area contributed by atoms with E-state index in [2.05, 4.69) is 25.8 Å². The summed E-state index contributed by atoms with van der Waals surface area (Å²) >= 11 is 11.5. The van der Waals surface area contributed by atoms with Gasteiger partial charge in [-0.15, -0.1) is 23.2 Å². The van der Waals surface area contributed by atoms with Gasteiger partial charge in [0.2, 0.25) is 17.8 Å². The molecule has 17 atom stereocenters. The molecule has 32 heteroatoms. The summed E-state index contributed by atoms with van der Waals surface area (Å²) in [6.07, 6.45) is 1.03. The molecule has 5 aromatic carbocycles. The van der Waals surface area contributed by atoms with Crippen LogP contribution in [0.25, 0.3) is 10.9 Å². The first-order valence-corrected chi connectivity index (χ1v) is 40.8. The van der Waals surface area contributed by atoms with Crippen LogP contribution < -0.4 is 30.7 Å². The second kappa shape index (κ2) is 33.8. The van der Waals surface area contributed by atoms with Crippen LogP contribution in [-0.4, -0.2) is 261 Å². The number of aromatic nitrogens is 1. The van der Waals surface area contributed by atoms with Crippen molar-refractivity contribution in [3.8, 4) is 23.0 Å². The number of ketones is 3. The lowest BCUT2D eigenvalue weighted by atomic mass is 9.47. The SMILES string of the molecule is CC[C@]1(O)C[C@H]2CN(CCc3c([nH]c4ccccc34)[C@@](C(=O)OC)(c3cc4c(cc3OC)N(C=O)[C@H]3[C@@](O)(C(=O)OC)[C@H](OC(C)=O)[C@]5(CC)C=CCN6CC[C@]43[C@@H]65)C2)C1.COc1cccc2c1C(=O)c1c(O)c3c(c(O)c1C2=O)C[C@@](O)(C(=O)CO)C[C@@H]3O[C@H]1C[C@H](N)[C@H](O)[C@H](C)O1.N[C@@H](Cc1ccc(N(CCCl)CCCl)cc1)C(=O)O. The number of Topliss-reactive ketones (excluding diaryl/α,β-unsaturated/α-hetero) is 1. The molecule has 4 fully saturated rings. The Morgan fingerprint density at radius 2 is 1.52 bits per heavy atom. The molecule has 1 amide bonds. The minimum atomic E-state index is -2.53. The number of benzene rings is 5. The normalized spacial score (nSPS) is 30.4. The van der Waals surface area contributed by atoms with Crippen molar-refractivity contribution < 1.29 is 112 Å². The van der Waals surface area contributed by atoms with Gasteiger partial charge in [-0.05, 0) is 111 Å². The van der Waals surface area contributed by atoms with Crippen LogP contribution in [0.3, 0.4) is 0 Å². The molecule has 9 aliphatic rings. The van der Waals surface area contributed by atoms with Crippen molar-refractivity contribution >= 4 is 93.1 Å². The molecule has 3 saturated heterocycles. The summed E-state index contributed by atoms with van der Waals surface area (Å²) in [6, 6.07) is 20.4. The Hall–Kier alpha value is -9.12. The summed E-state index contributed by atoms with van der Waals surface area (Å²) in [5.41, 5.74) is 6.64. The van der Waals surface area contributed by atoms with Gasteiger partial charge in [-0.2, -0.15) is 0 Å². The third-order valence-electron chi connectivity index (χ3n) is 26.1. The Kier molecular flexibility index (Phi) is 24.9. The zero-order chi connectivity index (χ0) is 85.2. The number of nitrogens with two attached hydrogens (primary N) is 2. The summed E-state index contributed by atoms with van der Waals surface area (Å²) in [4.78, 5) is 119. The van der Waals surface area contributed by atoms with Gasteiger partial charge >= 0.3 is 23.9 Å². The molecule has 2 bridgehead atoms. The van der Waals surface area contributed by atoms with Crippen molar-refractivity contribution in [2.75, 3.05) is 102 Å². The van der Waals surface area contributed by atoms with E-state index in [1.807, 2.05) is 74.5 Å². The number of phenols is 2. The Bertz CT molecular complexity index is 4930. The molecule has 634 valence electrons. The van der Waals surface area contributed by atoms with Gasteiger partial charge in [-0.1, -0.05) is 68.5 Å². The number of aromatic amines is 1. The van der Waals surface area contributed by atoms with Crippen molar-refractivity contribution in [1.82, 2.24) is 14.8 Å². The van der Waals surface area contributed by atoms with Crippen molar-refractivity contribution in [3.63, 3.8) is 0 Å². The number of amides is 1. The van der Waals surface area contributed by atoms with Crippen LogP contribution in [0.15, 0.2) is 91.0 Å². The maximum Gasteiger partial charge on any atom is 0.344 e. The molecule has 6 aromatic rings. The number of nitrogens with zero attached hydrogens (tertiary/aromatic N) is 4. The predicted molar refractivity (Wildman–Crippen MR) is 432 cm³/mol. The quantitative estimate of drug-likeness (QED) is 0.0106. The number of aromatic hydroxyl groups is 2. The van der Waals surface area contributed by atoms with Gasteiger partial charge in [0.1, 0.15) is 46.7 Å². The zero-order valence-electron chi connectivity index (χ0n) is 67.1. The number of carbonyl (C=O) groups is 8. The molecule has 7 heterocycles. The number of hydrogen-bond acceptors (Lipinski definition) is 27. The van der Waals surface area contributed by atoms with Crippen LogP contribution in [-0.2, 0) is 82.5 Å². The molecule has 0 radical (unpaired) electrons. The number of carboxylic acid groups (broad SMARTS) is 1. The van der Waals surface area contributed by atoms with Gasteiger partial charge in [0, 0.05) is 151 Å². The number of piperidine rings is 1. The lowest BCUT2D eigenvalue weighted by Gasteiger charge is -2.63. The molecule has 13 N–H and O–H groups in total. The van der Waals surface area contributed by atoms with E-state index in [-0.39, 0.29) is 46.8 Å². The number of phenolic OH excluding ortho intramolecular Hbond substituents is 2. The van der Waals surface area contributed by atoms with E-state index in [1.165, 1.54) is 58.5 Å². The van der Waals surface area contributed by atoms with E-state index in [1.54, 1.807) is 13.0 Å². The summed E-state index contributed by atoms with van der Waals surface area (Å²) in [5, 5.41) is 88.7. The minimum Gasteiger partial charge on any atom is -0.507 e. The fourth-order valence-electron chi connectivity index (χ4n) is 20.9. The summed E-state index contributed by atoms with van der Waals surface area (Å²) in [5.74, 6) is -5.77. The minimum absolute atomic E-state index is 0.0173. The summed E-state index contributed by atoms with van der Waals surface area (Å²) in [6.45, 7) is 10.2. The average Bonchev–Trinajstić information content (AvgIpc) is 1.46. The highest BCUT2D eigenvalue weighted by Gasteiger charge is 2.81. The number of hydrogen-bond donors (Lipinski definition) is 11. The molecular formula is C86H103Cl2N7O23. The van der Waals surface area contributed by atoms with Crippen LogP contribution >= 0.6 is 23.2 Å². The molecule has 6 aliphatic heterocycles. The molecule has 118 heavy (non-hydrogen) atoms. The highest BCUT2D eigenvalue weighted by molar-refractivity contribution is 6.31. The number of rotatable bonds is 21. The Balaban J connectivity index is 0.000000177. The highest BCUT2D eigenvalue weighted by atomic mass is 35.5. The summed E-state index contributed by atoms with van der Waals surface area (Å²) in [7, 11) is 5.41. The number of fused-ring (bicyclic) bond motifs is 9. The first-order valence-electron chi connectivity index (χ1n) is 39.7. The first-order chi connectivity index (χ1) is 56.3. The molecule has 1 unspecified atom stereocenters. The number of esters is 3. The van der Waals surface area contributed by atoms with Crippen molar-refractivity contribution in [1.29, 1.82) is 0 Å². The van der Waals surface area contributed by atoms with Crippen molar-refractivity contribution in [2.45, 2.75) is 174 Å². The zero-order valence-corrected chi connectivity index (χ0v) is 68.6. The number of halogens is 2. The molecular weight excluding hydrogens is 1570 g/mol. The Morgan fingerprint density at radius 3 is 2.14 bits per heavy atom. The maximum absolute atomic E-state index is 15.3. The number of methoxy groups -OCH3 is 4. The number of aliphatic hydroxyl groups excluding tert-OH is 2. The number of nitrogens with one attached hydrogen (secondary N) is 1. The smallest absolute Gasteiger partial charge is 0.344 e. The Morgan fingerprint density at radius 1 is 0.822 bits per heavy atom. The molecule has 3 aliphatic carbocycles. The highest BCUT2D eigenvalue weighted by Crippen LogP contribution is 2.69. The topological polar surface area (TPSA) is 444 Å². The number of aliphatic carboxylic acids is 1. The number of ether oxygens (including phenoxy) is 7. The van der Waals surface area contributed by atoms with Gasteiger partial charge in [-0.25, -0.2) is 4.79 Å². The van der Waals surface area contributed by atoms with Crippen LogP contribution in [0.5, 0.6) is 23.0 Å². The monoisotopic (exact) mass is 1670 g/mol. The van der Waals surface area contributed by atoms with Gasteiger partial charge in [-0.3, -0.25) is 43.4 Å². The maximum atomic E-state index is 15.3. The van der Waals surface area contributed by atoms with E-state index in [0.717, 1.165) is 40.8 Å². The molecule has 1 saturated carbocycles. The molecule has 15 rings (SSSR count). The third kappa shape index (κ3) is 14.4. The third-order valence-corrected chi connectivity index (χ3v) is 26.4. The van der Waals surface area contributed by atoms with Crippen LogP contribution in [0.1, 0.15) is 150 Å². The average molecular weight is 1670 g/mol. The number of carboxylic acids is 1. The standard InChI is InChI=1S/C46H56N4O10.C27H29NO11.C13H18Cl2N2O2/c1-7-42(55)22-28-23-45(40(53)58-5,36-30(14-18-48(24-28)25-42)29-12-9-10-13-33(29)47-36)32-20-31-34(21-35(32)57-4)50(26-51)38-44(31)16-19-49-17-11-15-43(8-2,37(44)49)39(60-27(3)52)46(38,56)41(54)59-6;1-10-22(31)13(28)6-17(38-10)39-15-8-27(36,16(30)9-29)7-12-19(15)26(35)21-20(24(12)33)23(32)11-4-3-5-14(37-2)18(11)25(21)34;14-5-7-17(8-6-15)11-3-1-10(2-4-11)9-12(16)13(18)19/h9-13,15,20-21,26,28,37-39,47,55-56H,7-8,14,16-19,22-25H2,1-6H3;3-5,10,13,15,17,22,29,31,33,35-36H,6-9,28H2,1-2H3;1-4,12H,5-9,16H2,(H,18,19)/t28-,37+,38-,39-,42+,43-,44-,45+,46+;10-,13-,15-,17-,22+,27-;12-/m100/s1.